The molecule has 1 aliphatic heterocycles. The van der Waals surface area contributed by atoms with E-state index in [0.717, 1.165) is 25.0 Å². The Balaban J connectivity index is 1.54. The maximum absolute atomic E-state index is 13.0. The number of carbonyl (C=O) groups excluding carboxylic acids is 2. The van der Waals surface area contributed by atoms with E-state index in [1.165, 1.54) is 35.2 Å². The van der Waals surface area contributed by atoms with Crippen LogP contribution >= 0.6 is 0 Å². The van der Waals surface area contributed by atoms with Gasteiger partial charge in [-0.1, -0.05) is 18.2 Å². The third-order valence-corrected chi connectivity index (χ3v) is 8.14. The molecule has 4 rings (SSSR count). The monoisotopic (exact) mass is 496 g/mol. The standard InChI is InChI=1S/C23H23F3N2O5S/c1-22(31,23(24,25)26)16-4-6-17(7-5-16)27-21(30)20-19-9-8-18(10-15(19)11-28(20)13-29)34(32,33)12-14-2-3-14/h4-10,13-14,20,31H,2-3,11-12H2,1H3,(H,27,30). The van der Waals surface area contributed by atoms with E-state index in [0.29, 0.717) is 24.5 Å². The number of hydrogen-bond acceptors (Lipinski definition) is 5. The number of rotatable bonds is 7. The van der Waals surface area contributed by atoms with Crippen LogP contribution in [0.4, 0.5) is 18.9 Å². The number of nitrogens with one attached hydrogen (secondary N) is 1. The maximum atomic E-state index is 13.0. The second-order valence-corrected chi connectivity index (χ2v) is 10.9. The molecule has 0 bridgehead atoms. The zero-order valence-electron chi connectivity index (χ0n) is 18.2. The van der Waals surface area contributed by atoms with Crippen LogP contribution < -0.4 is 5.32 Å². The first-order chi connectivity index (χ1) is 15.8. The number of sulfone groups is 1. The highest BCUT2D eigenvalue weighted by Crippen LogP contribution is 2.39. The minimum Gasteiger partial charge on any atom is -0.376 e. The van der Waals surface area contributed by atoms with Gasteiger partial charge in [0.05, 0.1) is 10.6 Å². The van der Waals surface area contributed by atoms with Crippen LogP contribution in [0.25, 0.3) is 0 Å². The lowest BCUT2D eigenvalue weighted by Crippen LogP contribution is -2.39. The molecule has 0 saturated heterocycles. The van der Waals surface area contributed by atoms with E-state index in [-0.39, 0.29) is 28.8 Å². The minimum atomic E-state index is -4.87. The smallest absolute Gasteiger partial charge is 0.376 e. The van der Waals surface area contributed by atoms with Crippen LogP contribution in [-0.4, -0.2) is 42.7 Å². The van der Waals surface area contributed by atoms with Gasteiger partial charge in [0.25, 0.3) is 5.91 Å². The molecule has 2 aromatic rings. The zero-order valence-corrected chi connectivity index (χ0v) is 19.0. The molecule has 2 atom stereocenters. The van der Waals surface area contributed by atoms with Crippen LogP contribution in [-0.2, 0) is 31.6 Å². The second kappa shape index (κ2) is 8.38. The van der Waals surface area contributed by atoms with Crippen LogP contribution in [0.5, 0.6) is 0 Å². The summed E-state index contributed by atoms with van der Waals surface area (Å²) in [4.78, 5) is 26.0. The Kier molecular flexibility index (Phi) is 5.97. The topological polar surface area (TPSA) is 104 Å². The van der Waals surface area contributed by atoms with Gasteiger partial charge in [0.2, 0.25) is 6.41 Å². The predicted octanol–water partition coefficient (Wildman–Crippen LogP) is 3.29. The summed E-state index contributed by atoms with van der Waals surface area (Å²) in [6.45, 7) is 0.689. The van der Waals surface area contributed by atoms with Gasteiger partial charge in [0.15, 0.2) is 15.4 Å². The van der Waals surface area contributed by atoms with Crippen LogP contribution in [0, 0.1) is 5.92 Å². The normalized spacial score (nSPS) is 19.9. The van der Waals surface area contributed by atoms with E-state index in [1.54, 1.807) is 0 Å². The fourth-order valence-electron chi connectivity index (χ4n) is 3.98. The van der Waals surface area contributed by atoms with Gasteiger partial charge < -0.3 is 15.3 Å². The molecule has 2 N–H and O–H groups in total. The molecule has 11 heteroatoms. The first kappa shape index (κ1) is 24.2. The molecule has 34 heavy (non-hydrogen) atoms. The van der Waals surface area contributed by atoms with Gasteiger partial charge in [0, 0.05) is 12.2 Å². The summed E-state index contributed by atoms with van der Waals surface area (Å²) >= 11 is 0. The van der Waals surface area contributed by atoms with Crippen molar-refractivity contribution < 1.29 is 36.3 Å². The second-order valence-electron chi connectivity index (χ2n) is 8.90. The van der Waals surface area contributed by atoms with Gasteiger partial charge in [-0.25, -0.2) is 8.42 Å². The molecule has 1 heterocycles. The SMILES string of the molecule is CC(O)(c1ccc(NC(=O)C2c3ccc(S(=O)(=O)CC4CC4)cc3CN2C=O)cc1)C(F)(F)F. The fourth-order valence-corrected chi connectivity index (χ4v) is 5.72. The number of carbonyl (C=O) groups is 2. The quantitative estimate of drug-likeness (QED) is 0.573. The summed E-state index contributed by atoms with van der Waals surface area (Å²) in [5.74, 6) is -0.353. The van der Waals surface area contributed by atoms with Crippen molar-refractivity contribution in [3.8, 4) is 0 Å². The average Bonchev–Trinajstić information content (AvgIpc) is 3.48. The molecule has 1 aliphatic carbocycles. The minimum absolute atomic E-state index is 0.0527. The van der Waals surface area contributed by atoms with Gasteiger partial charge in [-0.3, -0.25) is 9.59 Å². The summed E-state index contributed by atoms with van der Waals surface area (Å²) in [6, 6.07) is 7.98. The Labute approximate surface area is 194 Å². The number of amides is 2. The Morgan fingerprint density at radius 3 is 2.38 bits per heavy atom. The van der Waals surface area contributed by atoms with Gasteiger partial charge in [-0.2, -0.15) is 13.2 Å². The maximum Gasteiger partial charge on any atom is 0.421 e. The van der Waals surface area contributed by atoms with Gasteiger partial charge >= 0.3 is 6.18 Å². The van der Waals surface area contributed by atoms with E-state index in [2.05, 4.69) is 5.32 Å². The molecule has 2 amide bonds. The van der Waals surface area contributed by atoms with Gasteiger partial charge in [-0.15, -0.1) is 0 Å². The molecule has 0 spiro atoms. The van der Waals surface area contributed by atoms with E-state index in [9.17, 15) is 36.3 Å². The van der Waals surface area contributed by atoms with Gasteiger partial charge in [0.1, 0.15) is 6.04 Å². The summed E-state index contributed by atoms with van der Waals surface area (Å²) in [7, 11) is -3.46. The zero-order chi connectivity index (χ0) is 24.9. The van der Waals surface area contributed by atoms with Crippen LogP contribution in [0.15, 0.2) is 47.4 Å². The summed E-state index contributed by atoms with van der Waals surface area (Å²) in [6.07, 6.45) is -2.60. The molecular weight excluding hydrogens is 473 g/mol. The number of fused-ring (bicyclic) bond motifs is 1. The van der Waals surface area contributed by atoms with Crippen molar-refractivity contribution in [2.75, 3.05) is 11.1 Å². The number of halogens is 3. The number of alkyl halides is 3. The molecule has 2 aliphatic rings. The van der Waals surface area contributed by atoms with Crippen molar-refractivity contribution >= 4 is 27.8 Å². The van der Waals surface area contributed by atoms with E-state index in [1.807, 2.05) is 0 Å². The fraction of sp³-hybridized carbons (Fsp3) is 0.391. The Morgan fingerprint density at radius 1 is 1.18 bits per heavy atom. The van der Waals surface area contributed by atoms with Crippen LogP contribution in [0.3, 0.4) is 0 Å². The molecule has 2 aromatic carbocycles. The number of aliphatic hydroxyl groups is 1. The summed E-state index contributed by atoms with van der Waals surface area (Å²) in [5.41, 5.74) is -2.24. The molecule has 0 radical (unpaired) electrons. The van der Waals surface area contributed by atoms with Crippen LogP contribution in [0.2, 0.25) is 0 Å². The number of anilines is 1. The Hall–Kier alpha value is -2.92. The first-order valence-electron chi connectivity index (χ1n) is 10.6. The molecule has 182 valence electrons. The predicted molar refractivity (Wildman–Crippen MR) is 116 cm³/mol. The molecule has 2 unspecified atom stereocenters. The lowest BCUT2D eigenvalue weighted by molar-refractivity contribution is -0.258. The Morgan fingerprint density at radius 2 is 1.82 bits per heavy atom. The molecule has 1 saturated carbocycles. The molecular formula is C23H23F3N2O5S. The van der Waals surface area contributed by atoms with Crippen molar-refractivity contribution in [3.05, 3.63) is 59.2 Å². The summed E-state index contributed by atoms with van der Waals surface area (Å²) in [5, 5.41) is 12.3. The van der Waals surface area contributed by atoms with E-state index < -0.39 is 39.1 Å². The highest BCUT2D eigenvalue weighted by Gasteiger charge is 2.51. The largest absolute Gasteiger partial charge is 0.421 e. The number of nitrogens with zero attached hydrogens (tertiary/aromatic N) is 1. The van der Waals surface area contributed by atoms with Gasteiger partial charge in [-0.05, 0) is 66.6 Å². The summed E-state index contributed by atoms with van der Waals surface area (Å²) < 4.78 is 64.3. The van der Waals surface area contributed by atoms with Crippen molar-refractivity contribution in [2.24, 2.45) is 5.92 Å². The van der Waals surface area contributed by atoms with E-state index >= 15 is 0 Å². The van der Waals surface area contributed by atoms with Crippen molar-refractivity contribution in [2.45, 2.75) is 49.0 Å². The number of benzene rings is 2. The average molecular weight is 497 g/mol. The van der Waals surface area contributed by atoms with Crippen molar-refractivity contribution in [1.82, 2.24) is 4.90 Å². The van der Waals surface area contributed by atoms with Crippen molar-refractivity contribution in [1.29, 1.82) is 0 Å². The van der Waals surface area contributed by atoms with Crippen LogP contribution in [0.1, 0.15) is 42.5 Å². The highest BCUT2D eigenvalue weighted by atomic mass is 32.2. The molecule has 7 nitrogen and oxygen atoms in total. The lowest BCUT2D eigenvalue weighted by Gasteiger charge is -2.27. The number of hydrogen-bond donors (Lipinski definition) is 2. The third-order valence-electron chi connectivity index (χ3n) is 6.26. The highest BCUT2D eigenvalue weighted by molar-refractivity contribution is 7.91. The molecule has 0 aromatic heterocycles. The Bertz CT molecular complexity index is 1220. The van der Waals surface area contributed by atoms with Crippen molar-refractivity contribution in [3.63, 3.8) is 0 Å². The first-order valence-corrected chi connectivity index (χ1v) is 12.3. The lowest BCUT2D eigenvalue weighted by atomic mass is 9.95. The third kappa shape index (κ3) is 4.54. The molecule has 1 fully saturated rings. The van der Waals surface area contributed by atoms with E-state index in [4.69, 9.17) is 0 Å².